The van der Waals surface area contributed by atoms with E-state index in [0.29, 0.717) is 5.75 Å². The van der Waals surface area contributed by atoms with Crippen molar-refractivity contribution in [2.45, 2.75) is 11.1 Å². The van der Waals surface area contributed by atoms with Crippen LogP contribution in [0.3, 0.4) is 0 Å². The molecule has 18 heavy (non-hydrogen) atoms. The number of benzene rings is 1. The van der Waals surface area contributed by atoms with Crippen LogP contribution in [0.1, 0.15) is 5.56 Å². The van der Waals surface area contributed by atoms with Gasteiger partial charge in [0.1, 0.15) is 5.75 Å². The molecule has 0 saturated heterocycles. The first kappa shape index (κ1) is 12.8. The van der Waals surface area contributed by atoms with E-state index < -0.39 is 11.7 Å². The largest absolute Gasteiger partial charge is 0.439 e. The Morgan fingerprint density at radius 3 is 2.44 bits per heavy atom. The summed E-state index contributed by atoms with van der Waals surface area (Å²) in [6.07, 6.45) is -3.64. The summed E-state index contributed by atoms with van der Waals surface area (Å²) in [5.41, 5.74) is -0.802. The van der Waals surface area contributed by atoms with Crippen LogP contribution < -0.4 is 4.74 Å². The summed E-state index contributed by atoms with van der Waals surface area (Å²) in [6, 6.07) is 9.05. The fourth-order valence-electron chi connectivity index (χ4n) is 1.29. The Hall–Kier alpha value is -1.69. The minimum absolute atomic E-state index is 0.111. The highest BCUT2D eigenvalue weighted by atomic mass is 32.1. The molecule has 0 N–H and O–H groups in total. The van der Waals surface area contributed by atoms with Crippen molar-refractivity contribution < 1.29 is 17.9 Å². The number of rotatable bonds is 2. The molecule has 0 radical (unpaired) electrons. The van der Waals surface area contributed by atoms with Gasteiger partial charge in [-0.25, -0.2) is 4.98 Å². The minimum atomic E-state index is -4.39. The third-order valence-corrected chi connectivity index (χ3v) is 2.43. The smallest absolute Gasteiger partial charge is 0.417 e. The molecule has 94 valence electrons. The fraction of sp³-hybridized carbons (Fsp3) is 0.0833. The van der Waals surface area contributed by atoms with Gasteiger partial charge in [-0.2, -0.15) is 13.2 Å². The third-order valence-electron chi connectivity index (χ3n) is 2.12. The number of pyridine rings is 1. The zero-order chi connectivity index (χ0) is 13.2. The molecule has 0 fully saturated rings. The van der Waals surface area contributed by atoms with Gasteiger partial charge in [0.2, 0.25) is 5.88 Å². The van der Waals surface area contributed by atoms with Gasteiger partial charge in [-0.1, -0.05) is 6.07 Å². The molecule has 2 rings (SSSR count). The van der Waals surface area contributed by atoms with E-state index in [1.54, 1.807) is 18.2 Å². The van der Waals surface area contributed by atoms with Gasteiger partial charge in [-0.3, -0.25) is 0 Å². The fourth-order valence-corrected chi connectivity index (χ4v) is 1.53. The molecular formula is C12H9F3NOS+. The van der Waals surface area contributed by atoms with E-state index in [1.807, 2.05) is 6.07 Å². The molecule has 0 unspecified atom stereocenters. The second kappa shape index (κ2) is 4.89. The molecule has 1 aromatic heterocycles. The maximum Gasteiger partial charge on any atom is 0.417 e. The van der Waals surface area contributed by atoms with Crippen LogP contribution in [0.5, 0.6) is 11.6 Å². The van der Waals surface area contributed by atoms with E-state index in [0.717, 1.165) is 17.2 Å². The zero-order valence-corrected chi connectivity index (χ0v) is 10.0. The van der Waals surface area contributed by atoms with E-state index >= 15 is 0 Å². The summed E-state index contributed by atoms with van der Waals surface area (Å²) in [4.78, 5) is 4.42. The van der Waals surface area contributed by atoms with Gasteiger partial charge in [0.05, 0.1) is 5.56 Å². The molecule has 0 saturated carbocycles. The number of halogens is 3. The summed E-state index contributed by atoms with van der Waals surface area (Å²) in [7, 11) is 0. The summed E-state index contributed by atoms with van der Waals surface area (Å²) in [5, 5.41) is 0. The highest BCUT2D eigenvalue weighted by Gasteiger charge is 2.30. The van der Waals surface area contributed by atoms with Crippen LogP contribution in [0, 0.1) is 0 Å². The first-order valence-electron chi connectivity index (χ1n) is 4.98. The Morgan fingerprint density at radius 1 is 1.11 bits per heavy atom. The molecule has 1 aromatic carbocycles. The van der Waals surface area contributed by atoms with E-state index in [-0.39, 0.29) is 5.88 Å². The molecule has 0 amide bonds. The van der Waals surface area contributed by atoms with Gasteiger partial charge < -0.3 is 4.74 Å². The van der Waals surface area contributed by atoms with Crippen molar-refractivity contribution in [3.63, 3.8) is 0 Å². The Bertz CT molecular complexity index is 540. The molecule has 0 aliphatic heterocycles. The van der Waals surface area contributed by atoms with Gasteiger partial charge >= 0.3 is 6.18 Å². The van der Waals surface area contributed by atoms with Crippen LogP contribution in [-0.2, 0) is 18.8 Å². The van der Waals surface area contributed by atoms with Crippen LogP contribution in [0.2, 0.25) is 0 Å². The topological polar surface area (TPSA) is 22.1 Å². The molecule has 2 nitrogen and oxygen atoms in total. The Balaban J connectivity index is 2.16. The van der Waals surface area contributed by atoms with E-state index in [4.69, 9.17) is 4.74 Å². The SMILES string of the molecule is FC(F)(F)c1ccc(Oc2cccc([SH2+])c2)nc1. The van der Waals surface area contributed by atoms with E-state index in [9.17, 15) is 13.2 Å². The second-order valence-corrected chi connectivity index (χ2v) is 4.09. The number of hydrogen-bond acceptors (Lipinski definition) is 2. The number of ether oxygens (including phenoxy) is 1. The number of hydrogen-bond donors (Lipinski definition) is 0. The predicted molar refractivity (Wildman–Crippen MR) is 64.2 cm³/mol. The Kier molecular flexibility index (Phi) is 3.47. The van der Waals surface area contributed by atoms with Crippen LogP contribution in [0.4, 0.5) is 13.2 Å². The number of alkyl halides is 3. The average Bonchev–Trinajstić information content (AvgIpc) is 2.28. The first-order chi connectivity index (χ1) is 8.45. The molecule has 0 bridgehead atoms. The van der Waals surface area contributed by atoms with Crippen molar-refractivity contribution in [2.24, 2.45) is 0 Å². The standard InChI is InChI=1S/C12H8F3NOS/c13-12(14,15)8-4-5-11(16-7-8)17-9-2-1-3-10(18)6-9/h1-7,18H/p+1. The normalized spacial score (nSPS) is 11.3. The van der Waals surface area contributed by atoms with E-state index in [1.165, 1.54) is 6.07 Å². The van der Waals surface area contributed by atoms with Crippen molar-refractivity contribution in [1.29, 1.82) is 0 Å². The maximum absolute atomic E-state index is 12.3. The highest BCUT2D eigenvalue weighted by Crippen LogP contribution is 2.30. The first-order valence-corrected chi connectivity index (χ1v) is 5.48. The summed E-state index contributed by atoms with van der Waals surface area (Å²) in [5.74, 6) is 0.607. The van der Waals surface area contributed by atoms with Crippen LogP contribution in [-0.4, -0.2) is 4.98 Å². The van der Waals surface area contributed by atoms with Crippen LogP contribution >= 0.6 is 0 Å². The van der Waals surface area contributed by atoms with Gasteiger partial charge in [0.25, 0.3) is 0 Å². The Labute approximate surface area is 107 Å². The molecule has 0 aliphatic rings. The van der Waals surface area contributed by atoms with Crippen molar-refractivity contribution in [2.75, 3.05) is 0 Å². The zero-order valence-electron chi connectivity index (χ0n) is 9.03. The molecule has 2 aromatic rings. The second-order valence-electron chi connectivity index (χ2n) is 3.51. The summed E-state index contributed by atoms with van der Waals surface area (Å²) >= 11 is 3.31. The third kappa shape index (κ3) is 3.16. The summed E-state index contributed by atoms with van der Waals surface area (Å²) < 4.78 is 42.3. The molecular weight excluding hydrogens is 263 g/mol. The monoisotopic (exact) mass is 272 g/mol. The molecule has 0 aliphatic carbocycles. The number of nitrogens with zero attached hydrogens (tertiary/aromatic N) is 1. The van der Waals surface area contributed by atoms with Crippen molar-refractivity contribution in [3.05, 3.63) is 48.2 Å². The molecule has 6 heteroatoms. The number of aromatic nitrogens is 1. The summed E-state index contributed by atoms with van der Waals surface area (Å²) in [6.45, 7) is 0. The Morgan fingerprint density at radius 2 is 1.89 bits per heavy atom. The quantitative estimate of drug-likeness (QED) is 0.783. The van der Waals surface area contributed by atoms with Crippen LogP contribution in [0.25, 0.3) is 0 Å². The minimum Gasteiger partial charge on any atom is -0.439 e. The van der Waals surface area contributed by atoms with Gasteiger partial charge in [-0.15, -0.1) is 0 Å². The van der Waals surface area contributed by atoms with Gasteiger partial charge in [0.15, 0.2) is 4.90 Å². The van der Waals surface area contributed by atoms with Crippen molar-refractivity contribution in [3.8, 4) is 11.6 Å². The van der Waals surface area contributed by atoms with Gasteiger partial charge in [0, 0.05) is 18.3 Å². The molecule has 0 spiro atoms. The van der Waals surface area contributed by atoms with Crippen LogP contribution in [0.15, 0.2) is 47.5 Å². The van der Waals surface area contributed by atoms with Gasteiger partial charge in [-0.05, 0) is 30.8 Å². The maximum atomic E-state index is 12.3. The average molecular weight is 272 g/mol. The highest BCUT2D eigenvalue weighted by molar-refractivity contribution is 7.58. The lowest BCUT2D eigenvalue weighted by Crippen LogP contribution is -2.05. The van der Waals surface area contributed by atoms with Crippen molar-refractivity contribution >= 4 is 12.6 Å². The lowest BCUT2D eigenvalue weighted by Gasteiger charge is -2.07. The lowest BCUT2D eigenvalue weighted by molar-refractivity contribution is -0.137. The molecule has 1 heterocycles. The predicted octanol–water partition coefficient (Wildman–Crippen LogP) is 3.26. The lowest BCUT2D eigenvalue weighted by atomic mass is 10.3. The van der Waals surface area contributed by atoms with E-state index in [2.05, 4.69) is 17.6 Å². The molecule has 0 atom stereocenters. The van der Waals surface area contributed by atoms with Crippen molar-refractivity contribution in [1.82, 2.24) is 4.98 Å².